The molecule has 0 spiro atoms. The Hall–Kier alpha value is -4.57. The second kappa shape index (κ2) is 9.82. The molecule has 0 amide bonds. The topological polar surface area (TPSA) is 114 Å². The van der Waals surface area contributed by atoms with E-state index in [4.69, 9.17) is 21.6 Å². The highest BCUT2D eigenvalue weighted by Crippen LogP contribution is 2.35. The molecule has 2 aromatic heterocycles. The summed E-state index contributed by atoms with van der Waals surface area (Å²) in [6.07, 6.45) is -4.47. The molecule has 0 aliphatic rings. The second-order valence-corrected chi connectivity index (χ2v) is 7.94. The van der Waals surface area contributed by atoms with Gasteiger partial charge in [0.2, 0.25) is 5.75 Å². The van der Waals surface area contributed by atoms with Gasteiger partial charge in [-0.15, -0.1) is 0 Å². The number of hydrogen-bond acceptors (Lipinski definition) is 6. The zero-order chi connectivity index (χ0) is 26.9. The van der Waals surface area contributed by atoms with E-state index < -0.39 is 46.9 Å². The van der Waals surface area contributed by atoms with Gasteiger partial charge in [0.1, 0.15) is 17.4 Å². The first-order valence-electron chi connectivity index (χ1n) is 10.0. The van der Waals surface area contributed by atoms with Gasteiger partial charge in [-0.05, 0) is 42.0 Å². The van der Waals surface area contributed by atoms with E-state index in [1.54, 1.807) is 6.07 Å². The van der Waals surface area contributed by atoms with Gasteiger partial charge in [0.15, 0.2) is 5.69 Å². The van der Waals surface area contributed by atoms with Gasteiger partial charge in [0.05, 0.1) is 35.8 Å². The Labute approximate surface area is 208 Å². The number of alkyl halides is 3. The largest absolute Gasteiger partial charge is 0.449 e. The van der Waals surface area contributed by atoms with Gasteiger partial charge in [-0.25, -0.2) is 18.9 Å². The van der Waals surface area contributed by atoms with Crippen LogP contribution in [0.4, 0.5) is 22.0 Å². The Morgan fingerprint density at radius 1 is 1.05 bits per heavy atom. The standard InChI is InChI=1S/C23H11ClF5N5O3/c24-13-1-11(8-30)2-17(5-13)37-19-20(23(27,28)29)31-10-34(22(19)36)9-16-7-18(21(35)33-32-16)12-3-14(25)6-15(26)4-12/h1-7,10H,9H2,(H,33,35). The zero-order valence-electron chi connectivity index (χ0n) is 18.1. The quantitative estimate of drug-likeness (QED) is 0.372. The van der Waals surface area contributed by atoms with Crippen molar-refractivity contribution in [3.63, 3.8) is 0 Å². The van der Waals surface area contributed by atoms with E-state index in [0.717, 1.165) is 34.9 Å². The second-order valence-electron chi connectivity index (χ2n) is 7.50. The van der Waals surface area contributed by atoms with Crippen molar-refractivity contribution in [3.8, 4) is 28.7 Å². The van der Waals surface area contributed by atoms with Gasteiger partial charge >= 0.3 is 6.18 Å². The van der Waals surface area contributed by atoms with Crippen LogP contribution in [0.25, 0.3) is 11.1 Å². The lowest BCUT2D eigenvalue weighted by molar-refractivity contribution is -0.142. The third kappa shape index (κ3) is 5.65. The summed E-state index contributed by atoms with van der Waals surface area (Å²) in [5.74, 6) is -3.40. The monoisotopic (exact) mass is 535 g/mol. The summed E-state index contributed by atoms with van der Waals surface area (Å²) in [5, 5.41) is 14.9. The van der Waals surface area contributed by atoms with Gasteiger partial charge in [0, 0.05) is 11.1 Å². The number of ether oxygens (including phenoxy) is 1. The number of nitrogens with one attached hydrogen (secondary N) is 1. The lowest BCUT2D eigenvalue weighted by atomic mass is 10.1. The van der Waals surface area contributed by atoms with E-state index in [1.807, 2.05) is 0 Å². The molecule has 0 unspecified atom stereocenters. The first-order chi connectivity index (χ1) is 17.4. The van der Waals surface area contributed by atoms with Gasteiger partial charge in [-0.3, -0.25) is 14.2 Å². The molecule has 0 saturated heterocycles. The third-order valence-electron chi connectivity index (χ3n) is 4.85. The number of aromatic amines is 1. The van der Waals surface area contributed by atoms with E-state index in [1.165, 1.54) is 6.07 Å². The van der Waals surface area contributed by atoms with Crippen molar-refractivity contribution in [1.29, 1.82) is 5.26 Å². The third-order valence-corrected chi connectivity index (χ3v) is 5.07. The summed E-state index contributed by atoms with van der Waals surface area (Å²) in [4.78, 5) is 28.5. The molecule has 0 aliphatic carbocycles. The average Bonchev–Trinajstić information content (AvgIpc) is 2.81. The number of nitrogens with zero attached hydrogens (tertiary/aromatic N) is 4. The van der Waals surface area contributed by atoms with Gasteiger partial charge in [-0.2, -0.15) is 23.5 Å². The van der Waals surface area contributed by atoms with Crippen molar-refractivity contribution in [2.45, 2.75) is 12.7 Å². The van der Waals surface area contributed by atoms with Crippen molar-refractivity contribution < 1.29 is 26.7 Å². The van der Waals surface area contributed by atoms with Crippen LogP contribution in [0.5, 0.6) is 11.5 Å². The molecule has 0 radical (unpaired) electrons. The summed E-state index contributed by atoms with van der Waals surface area (Å²) in [5.41, 5.74) is -4.11. The lowest BCUT2D eigenvalue weighted by Crippen LogP contribution is -2.27. The number of rotatable bonds is 5. The molecule has 0 atom stereocenters. The molecule has 8 nitrogen and oxygen atoms in total. The molecule has 4 aromatic rings. The van der Waals surface area contributed by atoms with Crippen LogP contribution in [0.1, 0.15) is 17.0 Å². The number of benzene rings is 2. The predicted octanol–water partition coefficient (Wildman–Crippen LogP) is 4.66. The zero-order valence-corrected chi connectivity index (χ0v) is 18.9. The summed E-state index contributed by atoms with van der Waals surface area (Å²) < 4.78 is 73.9. The van der Waals surface area contributed by atoms with Crippen LogP contribution in [0, 0.1) is 23.0 Å². The summed E-state index contributed by atoms with van der Waals surface area (Å²) in [6.45, 7) is -0.499. The fourth-order valence-corrected chi connectivity index (χ4v) is 3.53. The predicted molar refractivity (Wildman–Crippen MR) is 119 cm³/mol. The molecule has 188 valence electrons. The number of nitriles is 1. The molecule has 4 rings (SSSR count). The normalized spacial score (nSPS) is 11.3. The van der Waals surface area contributed by atoms with Crippen LogP contribution < -0.4 is 15.9 Å². The first-order valence-corrected chi connectivity index (χ1v) is 10.4. The fourth-order valence-electron chi connectivity index (χ4n) is 3.31. The highest BCUT2D eigenvalue weighted by Gasteiger charge is 2.38. The molecule has 0 saturated carbocycles. The van der Waals surface area contributed by atoms with Crippen LogP contribution in [0.15, 0.2) is 58.4 Å². The van der Waals surface area contributed by atoms with E-state index in [0.29, 0.717) is 12.4 Å². The fraction of sp³-hybridized carbons (Fsp3) is 0.0870. The Morgan fingerprint density at radius 3 is 2.41 bits per heavy atom. The van der Waals surface area contributed by atoms with Crippen molar-refractivity contribution in [1.82, 2.24) is 19.7 Å². The SMILES string of the molecule is N#Cc1cc(Cl)cc(Oc2c(C(F)(F)F)ncn(Cc3cc(-c4cc(F)cc(F)c4)c(=O)[nH]n3)c2=O)c1. The summed E-state index contributed by atoms with van der Waals surface area (Å²) in [6, 6.07) is 8.70. The highest BCUT2D eigenvalue weighted by molar-refractivity contribution is 6.30. The van der Waals surface area contributed by atoms with E-state index in [2.05, 4.69) is 15.2 Å². The highest BCUT2D eigenvalue weighted by atomic mass is 35.5. The summed E-state index contributed by atoms with van der Waals surface area (Å²) in [7, 11) is 0. The summed E-state index contributed by atoms with van der Waals surface area (Å²) >= 11 is 5.86. The van der Waals surface area contributed by atoms with Crippen LogP contribution in [-0.2, 0) is 12.7 Å². The number of hydrogen-bond donors (Lipinski definition) is 1. The minimum Gasteiger partial charge on any atom is -0.449 e. The number of aromatic nitrogens is 4. The smallest absolute Gasteiger partial charge is 0.437 e. The minimum absolute atomic E-state index is 0.0226. The van der Waals surface area contributed by atoms with Crippen LogP contribution in [-0.4, -0.2) is 19.7 Å². The van der Waals surface area contributed by atoms with Crippen molar-refractivity contribution in [2.75, 3.05) is 0 Å². The van der Waals surface area contributed by atoms with Gasteiger partial charge in [0.25, 0.3) is 11.1 Å². The van der Waals surface area contributed by atoms with Crippen molar-refractivity contribution in [2.24, 2.45) is 0 Å². The maximum absolute atomic E-state index is 13.6. The van der Waals surface area contributed by atoms with E-state index in [9.17, 15) is 31.5 Å². The average molecular weight is 536 g/mol. The van der Waals surface area contributed by atoms with Gasteiger partial charge < -0.3 is 4.74 Å². The molecule has 2 heterocycles. The number of halogens is 6. The molecular formula is C23H11ClF5N5O3. The van der Waals surface area contributed by atoms with Crippen molar-refractivity contribution in [3.05, 3.63) is 103 Å². The lowest BCUT2D eigenvalue weighted by Gasteiger charge is -2.15. The maximum atomic E-state index is 13.6. The Balaban J connectivity index is 1.77. The van der Waals surface area contributed by atoms with E-state index in [-0.39, 0.29) is 33.2 Å². The Kier molecular flexibility index (Phi) is 6.78. The molecule has 37 heavy (non-hydrogen) atoms. The molecule has 0 fully saturated rings. The van der Waals surface area contributed by atoms with Crippen molar-refractivity contribution >= 4 is 11.6 Å². The molecule has 14 heteroatoms. The Bertz CT molecular complexity index is 1660. The minimum atomic E-state index is -5.07. The number of H-pyrrole nitrogens is 1. The molecule has 0 bridgehead atoms. The van der Waals surface area contributed by atoms with E-state index >= 15 is 0 Å². The van der Waals surface area contributed by atoms with Crippen LogP contribution in [0.3, 0.4) is 0 Å². The molecule has 1 N–H and O–H groups in total. The van der Waals surface area contributed by atoms with Gasteiger partial charge in [-0.1, -0.05) is 11.6 Å². The Morgan fingerprint density at radius 2 is 1.76 bits per heavy atom. The first kappa shape index (κ1) is 25.5. The maximum Gasteiger partial charge on any atom is 0.437 e. The molecule has 0 aliphatic heterocycles. The molecule has 2 aromatic carbocycles. The molecular weight excluding hydrogens is 525 g/mol. The van der Waals surface area contributed by atoms with Crippen LogP contribution >= 0.6 is 11.6 Å². The van der Waals surface area contributed by atoms with Crippen LogP contribution in [0.2, 0.25) is 5.02 Å².